The molecule has 1 amide bonds. The molecule has 0 bridgehead atoms. The van der Waals surface area contributed by atoms with Gasteiger partial charge in [0.15, 0.2) is 0 Å². The molecule has 0 saturated heterocycles. The molecular formula is C22H26N6O. The highest BCUT2D eigenvalue weighted by atomic mass is 16.1. The van der Waals surface area contributed by atoms with Gasteiger partial charge in [0, 0.05) is 26.2 Å². The van der Waals surface area contributed by atoms with Gasteiger partial charge in [-0.25, -0.2) is 0 Å². The van der Waals surface area contributed by atoms with Crippen LogP contribution in [0.5, 0.6) is 0 Å². The number of anilines is 2. The maximum atomic E-state index is 11.9. The number of nitriles is 1. The first-order valence-electron chi connectivity index (χ1n) is 9.37. The molecule has 0 aliphatic rings. The van der Waals surface area contributed by atoms with Crippen molar-refractivity contribution >= 4 is 17.3 Å². The molecule has 0 atom stereocenters. The number of aryl methyl sites for hydroxylation is 1. The minimum absolute atomic E-state index is 0.138. The van der Waals surface area contributed by atoms with Crippen LogP contribution in [0.1, 0.15) is 17.5 Å². The number of hydrogen-bond acceptors (Lipinski definition) is 5. The van der Waals surface area contributed by atoms with Gasteiger partial charge in [-0.1, -0.05) is 42.5 Å². The number of nitrogens with two attached hydrogens (primary N) is 1. The summed E-state index contributed by atoms with van der Waals surface area (Å²) in [7, 11) is 1.88. The Kier molecular flexibility index (Phi) is 8.93. The predicted octanol–water partition coefficient (Wildman–Crippen LogP) is 2.72. The number of hydrogen-bond donors (Lipinski definition) is 3. The van der Waals surface area contributed by atoms with Crippen LogP contribution in [0.15, 0.2) is 67.0 Å². The fourth-order valence-electron chi connectivity index (χ4n) is 2.53. The minimum atomic E-state index is -0.138. The first-order valence-corrected chi connectivity index (χ1v) is 9.37. The van der Waals surface area contributed by atoms with Gasteiger partial charge >= 0.3 is 0 Å². The van der Waals surface area contributed by atoms with Gasteiger partial charge < -0.3 is 16.4 Å². The van der Waals surface area contributed by atoms with Gasteiger partial charge in [0.05, 0.1) is 23.1 Å². The van der Waals surface area contributed by atoms with Crippen LogP contribution in [-0.2, 0) is 18.3 Å². The van der Waals surface area contributed by atoms with Crippen molar-refractivity contribution in [2.24, 2.45) is 7.05 Å². The summed E-state index contributed by atoms with van der Waals surface area (Å²) >= 11 is 0. The number of nitrogens with one attached hydrogen (secondary N) is 2. The number of aromatic nitrogens is 2. The average molecular weight is 390 g/mol. The molecule has 0 radical (unpaired) electrons. The minimum Gasteiger partial charge on any atom is -0.396 e. The van der Waals surface area contributed by atoms with E-state index in [9.17, 15) is 4.79 Å². The molecular weight excluding hydrogens is 364 g/mol. The summed E-state index contributed by atoms with van der Waals surface area (Å²) in [4.78, 5) is 11.9. The van der Waals surface area contributed by atoms with E-state index in [0.29, 0.717) is 29.9 Å². The second-order valence-electron chi connectivity index (χ2n) is 6.35. The lowest BCUT2D eigenvalue weighted by Crippen LogP contribution is -2.23. The molecule has 1 heterocycles. The summed E-state index contributed by atoms with van der Waals surface area (Å²) in [5.74, 6) is -0.138. The molecule has 7 nitrogen and oxygen atoms in total. The molecule has 1 aromatic heterocycles. The van der Waals surface area contributed by atoms with Crippen LogP contribution < -0.4 is 16.4 Å². The molecule has 4 N–H and O–H groups in total. The molecule has 29 heavy (non-hydrogen) atoms. The van der Waals surface area contributed by atoms with E-state index in [1.807, 2.05) is 61.9 Å². The normalized spacial score (nSPS) is 9.79. The molecule has 150 valence electrons. The quantitative estimate of drug-likeness (QED) is 0.425. The smallest absolute Gasteiger partial charge is 0.225 e. The highest BCUT2D eigenvalue weighted by Gasteiger charge is 2.08. The third-order valence-corrected chi connectivity index (χ3v) is 4.04. The summed E-state index contributed by atoms with van der Waals surface area (Å²) < 4.78 is 1.77. The number of benzene rings is 2. The van der Waals surface area contributed by atoms with E-state index >= 15 is 0 Å². The molecule has 2 aromatic carbocycles. The van der Waals surface area contributed by atoms with Gasteiger partial charge in [0.2, 0.25) is 5.91 Å². The van der Waals surface area contributed by atoms with Crippen LogP contribution in [0, 0.1) is 11.3 Å². The Morgan fingerprint density at radius 2 is 1.83 bits per heavy atom. The summed E-state index contributed by atoms with van der Waals surface area (Å²) in [5.41, 5.74) is 8.12. The monoisotopic (exact) mass is 390 g/mol. The van der Waals surface area contributed by atoms with Crippen LogP contribution in [0.3, 0.4) is 0 Å². The molecule has 0 aliphatic heterocycles. The van der Waals surface area contributed by atoms with Gasteiger partial charge in [-0.2, -0.15) is 10.4 Å². The summed E-state index contributed by atoms with van der Waals surface area (Å²) in [6, 6.07) is 19.0. The summed E-state index contributed by atoms with van der Waals surface area (Å²) in [5, 5.41) is 19.0. The second-order valence-corrected chi connectivity index (χ2v) is 6.35. The number of carbonyl (C=O) groups excluding carboxylic acids is 1. The molecule has 7 heteroatoms. The Labute approximate surface area is 171 Å². The third kappa shape index (κ3) is 7.87. The Bertz CT molecular complexity index is 903. The van der Waals surface area contributed by atoms with Crippen LogP contribution >= 0.6 is 0 Å². The lowest BCUT2D eigenvalue weighted by Gasteiger charge is -2.09. The number of rotatable bonds is 7. The van der Waals surface area contributed by atoms with Crippen molar-refractivity contribution < 1.29 is 4.79 Å². The van der Waals surface area contributed by atoms with E-state index in [-0.39, 0.29) is 5.91 Å². The van der Waals surface area contributed by atoms with Crippen LogP contribution in [-0.4, -0.2) is 28.8 Å². The number of nitrogen functional groups attached to an aromatic ring is 1. The van der Waals surface area contributed by atoms with E-state index in [1.54, 1.807) is 22.9 Å². The number of carbonyl (C=O) groups is 1. The zero-order valence-corrected chi connectivity index (χ0v) is 16.5. The highest BCUT2D eigenvalue weighted by molar-refractivity contribution is 5.94. The van der Waals surface area contributed by atoms with Crippen molar-refractivity contribution in [3.05, 3.63) is 78.1 Å². The van der Waals surface area contributed by atoms with Gasteiger partial charge in [0.1, 0.15) is 6.07 Å². The second kappa shape index (κ2) is 12.0. The standard InChI is InChI=1S/C16H20N6O.C6H6/c1-22-11-12(10-20-22)5-7-19-8-6-15(23)21-14-4-2-3-13(9-17)16(14)18;1-2-4-6-5-3-1/h2-4,10-11,19H,5-8,18H2,1H3,(H,21,23);1-6H. The topological polar surface area (TPSA) is 109 Å². The van der Waals surface area contributed by atoms with Gasteiger partial charge in [-0.3, -0.25) is 9.48 Å². The predicted molar refractivity (Wildman–Crippen MR) is 115 cm³/mol. The van der Waals surface area contributed by atoms with E-state index in [0.717, 1.165) is 18.5 Å². The average Bonchev–Trinajstić information content (AvgIpc) is 3.16. The Hall–Kier alpha value is -3.63. The maximum Gasteiger partial charge on any atom is 0.225 e. The first kappa shape index (κ1) is 21.7. The van der Waals surface area contributed by atoms with Crippen LogP contribution in [0.25, 0.3) is 0 Å². The van der Waals surface area contributed by atoms with Crippen molar-refractivity contribution in [2.45, 2.75) is 12.8 Å². The summed E-state index contributed by atoms with van der Waals surface area (Å²) in [6.45, 7) is 1.36. The highest BCUT2D eigenvalue weighted by Crippen LogP contribution is 2.21. The zero-order valence-electron chi connectivity index (χ0n) is 16.5. The Morgan fingerprint density at radius 3 is 2.41 bits per heavy atom. The number of amides is 1. The van der Waals surface area contributed by atoms with Gasteiger partial charge in [0.25, 0.3) is 0 Å². The van der Waals surface area contributed by atoms with Crippen molar-refractivity contribution in [2.75, 3.05) is 24.1 Å². The fourth-order valence-corrected chi connectivity index (χ4v) is 2.53. The lowest BCUT2D eigenvalue weighted by molar-refractivity contribution is -0.116. The first-order chi connectivity index (χ1) is 14.1. The van der Waals surface area contributed by atoms with E-state index in [1.165, 1.54) is 0 Å². The van der Waals surface area contributed by atoms with Crippen molar-refractivity contribution in [3.8, 4) is 6.07 Å². The molecule has 3 aromatic rings. The molecule has 0 spiro atoms. The van der Waals surface area contributed by atoms with Crippen LogP contribution in [0.2, 0.25) is 0 Å². The summed E-state index contributed by atoms with van der Waals surface area (Å²) in [6.07, 6.45) is 5.01. The van der Waals surface area contributed by atoms with Crippen molar-refractivity contribution in [1.82, 2.24) is 15.1 Å². The Morgan fingerprint density at radius 1 is 1.14 bits per heavy atom. The molecule has 3 rings (SSSR count). The van der Waals surface area contributed by atoms with Crippen molar-refractivity contribution in [3.63, 3.8) is 0 Å². The number of para-hydroxylation sites is 1. The molecule has 0 unspecified atom stereocenters. The van der Waals surface area contributed by atoms with Gasteiger partial charge in [-0.05, 0) is 30.7 Å². The number of nitrogens with zero attached hydrogens (tertiary/aromatic N) is 3. The SMILES string of the molecule is Cn1cc(CCNCCC(=O)Nc2cccc(C#N)c2N)cn1.c1ccccc1. The largest absolute Gasteiger partial charge is 0.396 e. The lowest BCUT2D eigenvalue weighted by atomic mass is 10.1. The molecule has 0 aliphatic carbocycles. The Balaban J connectivity index is 0.000000426. The third-order valence-electron chi connectivity index (χ3n) is 4.04. The molecule has 0 saturated carbocycles. The van der Waals surface area contributed by atoms with Crippen LogP contribution in [0.4, 0.5) is 11.4 Å². The van der Waals surface area contributed by atoms with E-state index in [4.69, 9.17) is 11.0 Å². The fraction of sp³-hybridized carbons (Fsp3) is 0.227. The van der Waals surface area contributed by atoms with E-state index in [2.05, 4.69) is 15.7 Å². The van der Waals surface area contributed by atoms with E-state index < -0.39 is 0 Å². The maximum absolute atomic E-state index is 11.9. The zero-order chi connectivity index (χ0) is 20.9. The molecule has 0 fully saturated rings. The van der Waals surface area contributed by atoms with Crippen molar-refractivity contribution in [1.29, 1.82) is 5.26 Å². The van der Waals surface area contributed by atoms with Gasteiger partial charge in [-0.15, -0.1) is 0 Å².